The molecule has 0 radical (unpaired) electrons. The van der Waals surface area contributed by atoms with Crippen molar-refractivity contribution >= 4 is 58.4 Å². The molecule has 0 aliphatic heterocycles. The molecule has 0 spiro atoms. The number of ether oxygens (including phenoxy) is 1. The van der Waals surface area contributed by atoms with Gasteiger partial charge in [0.15, 0.2) is 11.0 Å². The van der Waals surface area contributed by atoms with Crippen LogP contribution in [-0.4, -0.2) is 45.4 Å². The largest absolute Gasteiger partial charge is 0.465 e. The van der Waals surface area contributed by atoms with Gasteiger partial charge in [0.05, 0.1) is 40.7 Å². The molecule has 1 aromatic heterocycles. The Hall–Kier alpha value is -3.08. The van der Waals surface area contributed by atoms with Gasteiger partial charge in [0.25, 0.3) is 5.91 Å². The fourth-order valence-corrected chi connectivity index (χ4v) is 4.55. The average Bonchev–Trinajstić information content (AvgIpc) is 3.20. The van der Waals surface area contributed by atoms with E-state index in [4.69, 9.17) is 27.9 Å². The van der Waals surface area contributed by atoms with Crippen LogP contribution in [0.2, 0.25) is 10.0 Å². The molecule has 0 fully saturated rings. The van der Waals surface area contributed by atoms with Crippen LogP contribution >= 0.6 is 35.0 Å². The van der Waals surface area contributed by atoms with Crippen LogP contribution in [0.3, 0.4) is 0 Å². The van der Waals surface area contributed by atoms with E-state index in [-0.39, 0.29) is 34.1 Å². The van der Waals surface area contributed by atoms with Crippen molar-refractivity contribution in [1.82, 2.24) is 20.1 Å². The number of rotatable bonds is 9. The van der Waals surface area contributed by atoms with E-state index in [0.717, 1.165) is 0 Å². The summed E-state index contributed by atoms with van der Waals surface area (Å²) < 4.78 is 6.49. The van der Waals surface area contributed by atoms with E-state index < -0.39 is 12.0 Å². The first-order chi connectivity index (χ1) is 17.1. The van der Waals surface area contributed by atoms with Crippen LogP contribution in [0.25, 0.3) is 0 Å². The van der Waals surface area contributed by atoms with E-state index in [1.165, 1.54) is 24.9 Å². The Balaban J connectivity index is 1.69. The minimum Gasteiger partial charge on any atom is -0.465 e. The summed E-state index contributed by atoms with van der Waals surface area (Å²) in [6.45, 7) is 3.89. The van der Waals surface area contributed by atoms with Gasteiger partial charge in [-0.15, -0.1) is 10.2 Å². The predicted molar refractivity (Wildman–Crippen MR) is 140 cm³/mol. The smallest absolute Gasteiger partial charge is 0.339 e. The number of aromatic nitrogens is 3. The summed E-state index contributed by atoms with van der Waals surface area (Å²) in [5.41, 5.74) is 0.917. The lowest BCUT2D eigenvalue weighted by Crippen LogP contribution is -2.33. The fourth-order valence-electron chi connectivity index (χ4n) is 3.34. The first-order valence-corrected chi connectivity index (χ1v) is 12.6. The summed E-state index contributed by atoms with van der Waals surface area (Å²) >= 11 is 13.3. The van der Waals surface area contributed by atoms with Gasteiger partial charge in [0.1, 0.15) is 0 Å². The number of para-hydroxylation sites is 1. The van der Waals surface area contributed by atoms with Crippen molar-refractivity contribution in [2.45, 2.75) is 25.0 Å². The van der Waals surface area contributed by atoms with Crippen LogP contribution in [0.1, 0.15) is 46.4 Å². The second-order valence-corrected chi connectivity index (χ2v) is 9.88. The highest BCUT2D eigenvalue weighted by Gasteiger charge is 2.26. The van der Waals surface area contributed by atoms with E-state index in [0.29, 0.717) is 27.3 Å². The maximum Gasteiger partial charge on any atom is 0.339 e. The number of hydrogen-bond donors (Lipinski definition) is 2. The molecule has 0 aliphatic carbocycles. The summed E-state index contributed by atoms with van der Waals surface area (Å²) in [4.78, 5) is 37.3. The van der Waals surface area contributed by atoms with Crippen LogP contribution in [-0.2, 0) is 16.6 Å². The number of halogens is 2. The first kappa shape index (κ1) is 27.5. The number of nitrogens with zero attached hydrogens (tertiary/aromatic N) is 3. The lowest BCUT2D eigenvalue weighted by atomic mass is 10.0. The highest BCUT2D eigenvalue weighted by molar-refractivity contribution is 7.99. The molecule has 2 N–H and O–H groups in total. The van der Waals surface area contributed by atoms with Crippen molar-refractivity contribution in [3.05, 3.63) is 69.5 Å². The highest BCUT2D eigenvalue weighted by Crippen LogP contribution is 2.26. The molecule has 0 bridgehead atoms. The van der Waals surface area contributed by atoms with Crippen LogP contribution in [0, 0.1) is 5.92 Å². The SMILES string of the molecule is COC(=O)c1ccccc1NC(=O)CSc1nnc([C@H](NC(=O)c2ccc(Cl)cc2Cl)C(C)C)n1C. The van der Waals surface area contributed by atoms with E-state index in [1.54, 1.807) is 48.0 Å². The standard InChI is InChI=1S/C24H25Cl2N5O4S/c1-13(2)20(28-22(33)15-10-9-14(25)11-17(15)26)21-29-30-24(31(21)3)36-12-19(32)27-18-8-6-5-7-16(18)23(34)35-4/h5-11,13,20H,12H2,1-4H3,(H,27,32)(H,28,33)/t20-/m1/s1. The third-order valence-electron chi connectivity index (χ3n) is 5.21. The number of carbonyl (C=O) groups is 3. The Labute approximate surface area is 222 Å². The monoisotopic (exact) mass is 549 g/mol. The highest BCUT2D eigenvalue weighted by atomic mass is 35.5. The zero-order valence-electron chi connectivity index (χ0n) is 20.0. The van der Waals surface area contributed by atoms with Gasteiger partial charge in [-0.1, -0.05) is 60.9 Å². The Kier molecular flexibility index (Phi) is 9.36. The van der Waals surface area contributed by atoms with Gasteiger partial charge in [-0.3, -0.25) is 9.59 Å². The molecule has 3 aromatic rings. The molecule has 0 saturated heterocycles. The number of methoxy groups -OCH3 is 1. The van der Waals surface area contributed by atoms with Gasteiger partial charge in [-0.05, 0) is 36.2 Å². The third kappa shape index (κ3) is 6.57. The normalized spacial score (nSPS) is 11.8. The molecule has 2 aromatic carbocycles. The second kappa shape index (κ2) is 12.2. The minimum atomic E-state index is -0.543. The zero-order chi connectivity index (χ0) is 26.4. The molecule has 0 unspecified atom stereocenters. The lowest BCUT2D eigenvalue weighted by molar-refractivity contribution is -0.113. The van der Waals surface area contributed by atoms with Crippen molar-refractivity contribution in [2.24, 2.45) is 13.0 Å². The first-order valence-electron chi connectivity index (χ1n) is 10.9. The van der Waals surface area contributed by atoms with Gasteiger partial charge in [0.2, 0.25) is 5.91 Å². The van der Waals surface area contributed by atoms with Gasteiger partial charge in [-0.25, -0.2) is 4.79 Å². The topological polar surface area (TPSA) is 115 Å². The summed E-state index contributed by atoms with van der Waals surface area (Å²) in [6, 6.07) is 10.8. The molecule has 9 nitrogen and oxygen atoms in total. The van der Waals surface area contributed by atoms with E-state index in [9.17, 15) is 14.4 Å². The zero-order valence-corrected chi connectivity index (χ0v) is 22.4. The maximum absolute atomic E-state index is 12.9. The molecule has 1 heterocycles. The number of benzene rings is 2. The van der Waals surface area contributed by atoms with Gasteiger partial charge in [0, 0.05) is 12.1 Å². The number of amides is 2. The molecule has 2 amide bonds. The number of nitrogens with one attached hydrogen (secondary N) is 2. The molecule has 12 heteroatoms. The number of carbonyl (C=O) groups excluding carboxylic acids is 3. The summed E-state index contributed by atoms with van der Waals surface area (Å²) in [5, 5.41) is 15.3. The second-order valence-electron chi connectivity index (χ2n) is 8.09. The molecule has 36 heavy (non-hydrogen) atoms. The average molecular weight is 550 g/mol. The number of anilines is 1. The summed E-state index contributed by atoms with van der Waals surface area (Å²) in [6.07, 6.45) is 0. The van der Waals surface area contributed by atoms with E-state index in [2.05, 4.69) is 20.8 Å². The Morgan fingerprint density at radius 1 is 1.08 bits per heavy atom. The molecular formula is C24H25Cl2N5O4S. The maximum atomic E-state index is 12.9. The van der Waals surface area contributed by atoms with Crippen molar-refractivity contribution < 1.29 is 19.1 Å². The van der Waals surface area contributed by atoms with E-state index >= 15 is 0 Å². The minimum absolute atomic E-state index is 0.0149. The molecular weight excluding hydrogens is 525 g/mol. The third-order valence-corrected chi connectivity index (χ3v) is 6.78. The summed E-state index contributed by atoms with van der Waals surface area (Å²) in [5.74, 6) is -0.691. The molecule has 190 valence electrons. The Morgan fingerprint density at radius 3 is 2.47 bits per heavy atom. The quantitative estimate of drug-likeness (QED) is 0.292. The summed E-state index contributed by atoms with van der Waals surface area (Å²) in [7, 11) is 3.04. The van der Waals surface area contributed by atoms with E-state index in [1.807, 2.05) is 13.8 Å². The molecule has 1 atom stereocenters. The molecule has 3 rings (SSSR count). The lowest BCUT2D eigenvalue weighted by Gasteiger charge is -2.22. The Bertz CT molecular complexity index is 1280. The van der Waals surface area contributed by atoms with Crippen molar-refractivity contribution in [2.75, 3.05) is 18.2 Å². The number of thioether (sulfide) groups is 1. The van der Waals surface area contributed by atoms with Crippen molar-refractivity contribution in [3.63, 3.8) is 0 Å². The number of hydrogen-bond acceptors (Lipinski definition) is 7. The molecule has 0 aliphatic rings. The van der Waals surface area contributed by atoms with Gasteiger partial charge < -0.3 is 19.9 Å². The fraction of sp³-hybridized carbons (Fsp3) is 0.292. The van der Waals surface area contributed by atoms with Gasteiger partial charge >= 0.3 is 5.97 Å². The van der Waals surface area contributed by atoms with Crippen LogP contribution in [0.15, 0.2) is 47.6 Å². The Morgan fingerprint density at radius 2 is 1.81 bits per heavy atom. The van der Waals surface area contributed by atoms with Crippen LogP contribution in [0.4, 0.5) is 5.69 Å². The number of esters is 1. The van der Waals surface area contributed by atoms with Gasteiger partial charge in [-0.2, -0.15) is 0 Å². The van der Waals surface area contributed by atoms with Crippen molar-refractivity contribution in [1.29, 1.82) is 0 Å². The van der Waals surface area contributed by atoms with Crippen LogP contribution in [0.5, 0.6) is 0 Å². The molecule has 0 saturated carbocycles. The predicted octanol–water partition coefficient (Wildman–Crippen LogP) is 4.77. The van der Waals surface area contributed by atoms with Crippen LogP contribution < -0.4 is 10.6 Å². The van der Waals surface area contributed by atoms with Crippen molar-refractivity contribution in [3.8, 4) is 0 Å².